The van der Waals surface area contributed by atoms with Crippen molar-refractivity contribution in [2.24, 2.45) is 5.92 Å². The summed E-state index contributed by atoms with van der Waals surface area (Å²) in [4.78, 5) is 44.5. The molecule has 1 saturated carbocycles. The van der Waals surface area contributed by atoms with E-state index in [1.165, 1.54) is 19.3 Å². The lowest BCUT2D eigenvalue weighted by atomic mass is 9.88. The molecule has 5 rings (SSSR count). The summed E-state index contributed by atoms with van der Waals surface area (Å²) in [6, 6.07) is 16.4. The van der Waals surface area contributed by atoms with Gasteiger partial charge in [-0.1, -0.05) is 61.7 Å². The number of hydrogen-bond donors (Lipinski definition) is 1. The molecule has 3 aliphatic rings. The Morgan fingerprint density at radius 1 is 0.974 bits per heavy atom. The van der Waals surface area contributed by atoms with Gasteiger partial charge in [0.05, 0.1) is 20.2 Å². The number of likely N-dealkylation sites (N-methyl/N-ethyl adjacent to an activating group) is 1. The molecule has 0 spiro atoms. The average Bonchev–Trinajstić information content (AvgIpc) is 2.95. The summed E-state index contributed by atoms with van der Waals surface area (Å²) in [6.45, 7) is 1.36. The van der Waals surface area contributed by atoms with Gasteiger partial charge < -0.3 is 19.9 Å². The maximum atomic E-state index is 13.9. The molecule has 39 heavy (non-hydrogen) atoms. The number of ether oxygens (including phenoxy) is 1. The first kappa shape index (κ1) is 27.0. The maximum Gasteiger partial charge on any atom is 0.334 e. The van der Waals surface area contributed by atoms with E-state index in [1.807, 2.05) is 59.5 Å². The van der Waals surface area contributed by atoms with E-state index in [9.17, 15) is 14.4 Å². The number of amides is 4. The van der Waals surface area contributed by atoms with Gasteiger partial charge in [-0.05, 0) is 42.0 Å². The van der Waals surface area contributed by atoms with Gasteiger partial charge in [-0.15, -0.1) is 0 Å². The van der Waals surface area contributed by atoms with Gasteiger partial charge in [0.25, 0.3) is 0 Å². The third kappa shape index (κ3) is 6.03. The second-order valence-corrected chi connectivity index (χ2v) is 10.9. The van der Waals surface area contributed by atoms with Crippen molar-refractivity contribution in [3.63, 3.8) is 0 Å². The highest BCUT2D eigenvalue weighted by molar-refractivity contribution is 5.91. The number of carbonyl (C=O) groups excluding carboxylic acids is 3. The van der Waals surface area contributed by atoms with Crippen LogP contribution in [-0.2, 0) is 22.6 Å². The van der Waals surface area contributed by atoms with Crippen LogP contribution in [0.3, 0.4) is 0 Å². The summed E-state index contributed by atoms with van der Waals surface area (Å²) >= 11 is 0. The lowest BCUT2D eigenvalue weighted by Gasteiger charge is -2.54. The number of fused-ring (bicyclic) bond motifs is 1. The molecule has 2 aromatic carbocycles. The summed E-state index contributed by atoms with van der Waals surface area (Å²) in [5.74, 6) is 1.07. The largest absolute Gasteiger partial charge is 0.497 e. The topological polar surface area (TPSA) is 85.4 Å². The number of carbonyl (C=O) groups is 3. The fraction of sp³-hybridized carbons (Fsp3) is 0.500. The van der Waals surface area contributed by atoms with E-state index in [0.29, 0.717) is 32.0 Å². The van der Waals surface area contributed by atoms with E-state index in [1.54, 1.807) is 29.1 Å². The molecule has 2 aromatic rings. The third-order valence-corrected chi connectivity index (χ3v) is 8.23. The van der Waals surface area contributed by atoms with Crippen molar-refractivity contribution in [1.29, 1.82) is 0 Å². The third-order valence-electron chi connectivity index (χ3n) is 8.23. The lowest BCUT2D eigenvalue weighted by molar-refractivity contribution is -0.187. The van der Waals surface area contributed by atoms with Crippen LogP contribution in [0.1, 0.15) is 43.2 Å². The number of piperazine rings is 1. The van der Waals surface area contributed by atoms with E-state index < -0.39 is 12.2 Å². The molecule has 9 heteroatoms. The minimum atomic E-state index is -0.646. The SMILES string of the molecule is COc1ccc(CNC(=O)N2[C@H]3CN(CC4CCCCC4)C(=O)[C@H](Cc4ccccc4)N3C(=O)CN2C)cc1. The molecule has 0 aromatic heterocycles. The number of urea groups is 1. The molecule has 4 amide bonds. The van der Waals surface area contributed by atoms with Crippen LogP contribution in [0.15, 0.2) is 54.6 Å². The number of nitrogens with one attached hydrogen (secondary N) is 1. The Hall–Kier alpha value is -3.59. The van der Waals surface area contributed by atoms with Crippen molar-refractivity contribution in [2.45, 2.75) is 57.3 Å². The Kier molecular flexibility index (Phi) is 8.35. The number of hydrazine groups is 1. The van der Waals surface area contributed by atoms with Gasteiger partial charge in [0.15, 0.2) is 0 Å². The molecule has 0 radical (unpaired) electrons. The molecule has 0 unspecified atom stereocenters. The number of rotatable bonds is 7. The van der Waals surface area contributed by atoms with E-state index >= 15 is 0 Å². The number of methoxy groups -OCH3 is 1. The Labute approximate surface area is 230 Å². The van der Waals surface area contributed by atoms with Crippen LogP contribution in [0.2, 0.25) is 0 Å². The van der Waals surface area contributed by atoms with Crippen molar-refractivity contribution in [2.75, 3.05) is 33.8 Å². The van der Waals surface area contributed by atoms with Crippen LogP contribution in [0.4, 0.5) is 4.79 Å². The zero-order chi connectivity index (χ0) is 27.4. The fourth-order valence-electron chi connectivity index (χ4n) is 6.19. The van der Waals surface area contributed by atoms with E-state index in [2.05, 4.69) is 5.32 Å². The van der Waals surface area contributed by atoms with Crippen LogP contribution in [0, 0.1) is 5.92 Å². The minimum absolute atomic E-state index is 0.0165. The van der Waals surface area contributed by atoms with Crippen LogP contribution in [0.5, 0.6) is 5.75 Å². The van der Waals surface area contributed by atoms with E-state index in [0.717, 1.165) is 29.7 Å². The second kappa shape index (κ2) is 12.1. The van der Waals surface area contributed by atoms with Crippen molar-refractivity contribution in [3.8, 4) is 5.75 Å². The Bertz CT molecular complexity index is 1150. The molecule has 2 aliphatic heterocycles. The monoisotopic (exact) mass is 533 g/mol. The Balaban J connectivity index is 1.39. The maximum absolute atomic E-state index is 13.9. The standard InChI is InChI=1S/C30H39N5O4/c1-32-21-28(36)34-26(17-22-9-5-3-6-10-22)29(37)33(19-24-11-7-4-8-12-24)20-27(34)35(32)30(38)31-18-23-13-15-25(39-2)16-14-23/h3,5-6,9-10,13-16,24,26-27H,4,7-8,11-12,17-21H2,1-2H3,(H,31,38)/t26-,27-/m0/s1. The van der Waals surface area contributed by atoms with Gasteiger partial charge in [0, 0.05) is 26.6 Å². The molecule has 1 N–H and O–H groups in total. The molecular weight excluding hydrogens is 494 g/mol. The van der Waals surface area contributed by atoms with Crippen LogP contribution in [-0.4, -0.2) is 83.7 Å². The molecule has 208 valence electrons. The van der Waals surface area contributed by atoms with Crippen molar-refractivity contribution < 1.29 is 19.1 Å². The molecule has 3 fully saturated rings. The van der Waals surface area contributed by atoms with Gasteiger partial charge in [-0.2, -0.15) is 0 Å². The van der Waals surface area contributed by atoms with Gasteiger partial charge in [0.2, 0.25) is 11.8 Å². The summed E-state index contributed by atoms with van der Waals surface area (Å²) in [5.41, 5.74) is 1.94. The van der Waals surface area contributed by atoms with E-state index in [-0.39, 0.29) is 24.4 Å². The van der Waals surface area contributed by atoms with Gasteiger partial charge >= 0.3 is 6.03 Å². The smallest absolute Gasteiger partial charge is 0.334 e. The van der Waals surface area contributed by atoms with Crippen molar-refractivity contribution in [1.82, 2.24) is 25.1 Å². The van der Waals surface area contributed by atoms with Gasteiger partial charge in [0.1, 0.15) is 18.0 Å². The quantitative estimate of drug-likeness (QED) is 0.591. The number of hydrogen-bond acceptors (Lipinski definition) is 5. The zero-order valence-corrected chi connectivity index (χ0v) is 22.9. The summed E-state index contributed by atoms with van der Waals surface area (Å²) in [6.07, 6.45) is 5.72. The number of benzene rings is 2. The van der Waals surface area contributed by atoms with Gasteiger partial charge in [-0.25, -0.2) is 14.8 Å². The van der Waals surface area contributed by atoms with Gasteiger partial charge in [-0.3, -0.25) is 9.59 Å². The Morgan fingerprint density at radius 3 is 2.38 bits per heavy atom. The zero-order valence-electron chi connectivity index (χ0n) is 22.9. The summed E-state index contributed by atoms with van der Waals surface area (Å²) < 4.78 is 5.23. The minimum Gasteiger partial charge on any atom is -0.497 e. The summed E-state index contributed by atoms with van der Waals surface area (Å²) in [5, 5.41) is 6.33. The normalized spacial score (nSPS) is 22.6. The highest BCUT2D eigenvalue weighted by atomic mass is 16.5. The molecule has 2 heterocycles. The summed E-state index contributed by atoms with van der Waals surface area (Å²) in [7, 11) is 3.38. The molecule has 9 nitrogen and oxygen atoms in total. The van der Waals surface area contributed by atoms with Crippen molar-refractivity contribution >= 4 is 17.8 Å². The predicted molar refractivity (Wildman–Crippen MR) is 147 cm³/mol. The highest BCUT2D eigenvalue weighted by Gasteiger charge is 2.50. The van der Waals surface area contributed by atoms with Crippen LogP contribution < -0.4 is 10.1 Å². The van der Waals surface area contributed by atoms with Crippen LogP contribution >= 0.6 is 0 Å². The molecule has 0 bridgehead atoms. The first-order valence-corrected chi connectivity index (χ1v) is 14.0. The first-order chi connectivity index (χ1) is 18.9. The Morgan fingerprint density at radius 2 is 1.69 bits per heavy atom. The molecule has 1 aliphatic carbocycles. The fourth-order valence-corrected chi connectivity index (χ4v) is 6.19. The average molecular weight is 534 g/mol. The van der Waals surface area contributed by atoms with Crippen LogP contribution in [0.25, 0.3) is 0 Å². The second-order valence-electron chi connectivity index (χ2n) is 10.9. The van der Waals surface area contributed by atoms with E-state index in [4.69, 9.17) is 4.74 Å². The molecule has 2 atom stereocenters. The lowest BCUT2D eigenvalue weighted by Crippen LogP contribution is -2.76. The number of nitrogens with zero attached hydrogens (tertiary/aromatic N) is 4. The highest BCUT2D eigenvalue weighted by Crippen LogP contribution is 2.31. The molecule has 2 saturated heterocycles. The van der Waals surface area contributed by atoms with Crippen molar-refractivity contribution in [3.05, 3.63) is 65.7 Å². The molecular formula is C30H39N5O4. The first-order valence-electron chi connectivity index (χ1n) is 14.0. The predicted octanol–water partition coefficient (Wildman–Crippen LogP) is 3.26.